The molecule has 0 radical (unpaired) electrons. The van der Waals surface area contributed by atoms with Gasteiger partial charge < -0.3 is 5.73 Å². The average Bonchev–Trinajstić information content (AvgIpc) is 3.08. The van der Waals surface area contributed by atoms with E-state index in [1.54, 1.807) is 17.5 Å². The number of aromatic nitrogens is 2. The Morgan fingerprint density at radius 3 is 2.65 bits per heavy atom. The van der Waals surface area contributed by atoms with Crippen molar-refractivity contribution in [3.63, 3.8) is 0 Å². The number of aryl methyl sites for hydroxylation is 1. The third kappa shape index (κ3) is 3.70. The summed E-state index contributed by atoms with van der Waals surface area (Å²) in [5.74, 6) is 0.443. The number of rotatable bonds is 3. The highest BCUT2D eigenvalue weighted by atomic mass is 32.1. The first-order valence-corrected chi connectivity index (χ1v) is 9.54. The fourth-order valence-corrected chi connectivity index (χ4v) is 3.47. The van der Waals surface area contributed by atoms with Crippen LogP contribution in [0.2, 0.25) is 0 Å². The second kappa shape index (κ2) is 7.03. The van der Waals surface area contributed by atoms with Crippen LogP contribution < -0.4 is 10.6 Å². The van der Waals surface area contributed by atoms with Gasteiger partial charge in [-0.25, -0.2) is 9.98 Å². The quantitative estimate of drug-likeness (QED) is 0.529. The summed E-state index contributed by atoms with van der Waals surface area (Å²) in [6.45, 7) is 10.7. The minimum Gasteiger partial charge on any atom is -0.369 e. The summed E-state index contributed by atoms with van der Waals surface area (Å²) in [6.07, 6.45) is 1.79. The van der Waals surface area contributed by atoms with Crippen LogP contribution in [0.1, 0.15) is 33.4 Å². The number of anilines is 1. The zero-order valence-corrected chi connectivity index (χ0v) is 16.7. The van der Waals surface area contributed by atoms with Gasteiger partial charge in [-0.1, -0.05) is 39.0 Å². The first kappa shape index (κ1) is 18.3. The Morgan fingerprint density at radius 1 is 1.27 bits per heavy atom. The maximum atomic E-state index is 6.50. The second-order valence-electron chi connectivity index (χ2n) is 7.50. The lowest BCUT2D eigenvalue weighted by Gasteiger charge is -2.36. The van der Waals surface area contributed by atoms with Gasteiger partial charge in [0.15, 0.2) is 5.13 Å². The number of hydrogen-bond donors (Lipinski definition) is 1. The smallest absolute Gasteiger partial charge is 0.203 e. The van der Waals surface area contributed by atoms with E-state index in [2.05, 4.69) is 37.7 Å². The molecule has 2 aromatic heterocycles. The Labute approximate surface area is 158 Å². The molecule has 0 aliphatic heterocycles. The van der Waals surface area contributed by atoms with Crippen molar-refractivity contribution in [3.05, 3.63) is 47.6 Å². The molecule has 2 N–H and O–H groups in total. The van der Waals surface area contributed by atoms with Crippen molar-refractivity contribution >= 4 is 39.0 Å². The molecule has 1 aromatic carbocycles. The number of para-hydroxylation sites is 1. The topological polar surface area (TPSA) is 67.4 Å². The SMILES string of the molecule is Cc1cc(N=C(N)N(c2nccs2)C(C)C(C)(C)C)c2ccccc2n1. The van der Waals surface area contributed by atoms with Gasteiger partial charge in [0, 0.05) is 28.7 Å². The summed E-state index contributed by atoms with van der Waals surface area (Å²) in [4.78, 5) is 15.9. The third-order valence-electron chi connectivity index (χ3n) is 4.57. The second-order valence-corrected chi connectivity index (χ2v) is 8.37. The Bertz CT molecular complexity index is 925. The lowest BCUT2D eigenvalue weighted by Crippen LogP contribution is -2.49. The van der Waals surface area contributed by atoms with E-state index in [1.807, 2.05) is 47.5 Å². The molecule has 0 aliphatic carbocycles. The molecule has 0 saturated carbocycles. The zero-order valence-electron chi connectivity index (χ0n) is 15.9. The summed E-state index contributed by atoms with van der Waals surface area (Å²) in [5, 5.41) is 3.80. The first-order valence-electron chi connectivity index (χ1n) is 8.66. The van der Waals surface area contributed by atoms with Crippen LogP contribution >= 0.6 is 11.3 Å². The van der Waals surface area contributed by atoms with Crippen LogP contribution in [-0.4, -0.2) is 22.0 Å². The average molecular weight is 368 g/mol. The number of thiazole rings is 1. The lowest BCUT2D eigenvalue weighted by atomic mass is 9.87. The number of pyridine rings is 1. The van der Waals surface area contributed by atoms with Gasteiger partial charge in [0.2, 0.25) is 5.96 Å². The highest BCUT2D eigenvalue weighted by Gasteiger charge is 2.30. The highest BCUT2D eigenvalue weighted by molar-refractivity contribution is 7.13. The fraction of sp³-hybridized carbons (Fsp3) is 0.350. The Kier molecular flexibility index (Phi) is 4.96. The summed E-state index contributed by atoms with van der Waals surface area (Å²) in [6, 6.07) is 10.1. The summed E-state index contributed by atoms with van der Waals surface area (Å²) in [7, 11) is 0. The zero-order chi connectivity index (χ0) is 18.9. The van der Waals surface area contributed by atoms with E-state index >= 15 is 0 Å². The molecule has 5 nitrogen and oxygen atoms in total. The highest BCUT2D eigenvalue weighted by Crippen LogP contribution is 2.31. The molecule has 0 bridgehead atoms. The molecule has 0 aliphatic rings. The van der Waals surface area contributed by atoms with Crippen LogP contribution in [0.4, 0.5) is 10.8 Å². The molecule has 26 heavy (non-hydrogen) atoms. The molecule has 2 heterocycles. The standard InChI is InChI=1S/C20H25N5S/c1-13-12-17(15-8-6-7-9-16(15)23-13)24-18(21)25(14(2)20(3,4)5)19-22-10-11-26-19/h6-12,14H,1-5H3,(H2,21,23,24). The minimum atomic E-state index is 0.0159. The normalized spacial score (nSPS) is 13.8. The van der Waals surface area contributed by atoms with Crippen molar-refractivity contribution in [2.45, 2.75) is 40.7 Å². The Morgan fingerprint density at radius 2 is 2.00 bits per heavy atom. The molecule has 6 heteroatoms. The van der Waals surface area contributed by atoms with Gasteiger partial charge in [0.1, 0.15) is 0 Å². The van der Waals surface area contributed by atoms with E-state index in [1.165, 1.54) is 0 Å². The minimum absolute atomic E-state index is 0.0159. The van der Waals surface area contributed by atoms with Crippen LogP contribution in [0.25, 0.3) is 10.9 Å². The number of guanidine groups is 1. The predicted octanol–water partition coefficient (Wildman–Crippen LogP) is 4.89. The van der Waals surface area contributed by atoms with Crippen LogP contribution in [-0.2, 0) is 0 Å². The van der Waals surface area contributed by atoms with Crippen molar-refractivity contribution < 1.29 is 0 Å². The van der Waals surface area contributed by atoms with E-state index in [9.17, 15) is 0 Å². The number of aliphatic imine (C=N–C) groups is 1. The predicted molar refractivity (Wildman–Crippen MR) is 111 cm³/mol. The molecule has 0 amide bonds. The van der Waals surface area contributed by atoms with E-state index in [0.29, 0.717) is 5.96 Å². The first-order chi connectivity index (χ1) is 12.3. The van der Waals surface area contributed by atoms with Gasteiger partial charge in [-0.15, -0.1) is 11.3 Å². The van der Waals surface area contributed by atoms with Crippen molar-refractivity contribution in [1.29, 1.82) is 0 Å². The lowest BCUT2D eigenvalue weighted by molar-refractivity contribution is 0.339. The molecule has 1 atom stereocenters. The molecule has 0 spiro atoms. The monoisotopic (exact) mass is 367 g/mol. The summed E-state index contributed by atoms with van der Waals surface area (Å²) < 4.78 is 0. The van der Waals surface area contributed by atoms with Crippen molar-refractivity contribution in [1.82, 2.24) is 9.97 Å². The largest absolute Gasteiger partial charge is 0.369 e. The van der Waals surface area contributed by atoms with Gasteiger partial charge in [0.05, 0.1) is 11.2 Å². The molecule has 1 unspecified atom stereocenters. The maximum absolute atomic E-state index is 6.50. The third-order valence-corrected chi connectivity index (χ3v) is 5.34. The molecule has 0 fully saturated rings. The maximum Gasteiger partial charge on any atom is 0.203 e. The van der Waals surface area contributed by atoms with Gasteiger partial charge in [-0.3, -0.25) is 9.88 Å². The van der Waals surface area contributed by atoms with Gasteiger partial charge in [-0.05, 0) is 31.4 Å². The Balaban J connectivity index is 2.12. The number of hydrogen-bond acceptors (Lipinski definition) is 4. The van der Waals surface area contributed by atoms with E-state index in [0.717, 1.165) is 27.4 Å². The number of nitrogens with zero attached hydrogens (tertiary/aromatic N) is 4. The van der Waals surface area contributed by atoms with Crippen LogP contribution in [0.3, 0.4) is 0 Å². The number of fused-ring (bicyclic) bond motifs is 1. The van der Waals surface area contributed by atoms with Gasteiger partial charge >= 0.3 is 0 Å². The van der Waals surface area contributed by atoms with Crippen LogP contribution in [0.5, 0.6) is 0 Å². The molecular formula is C20H25N5S. The van der Waals surface area contributed by atoms with Crippen molar-refractivity contribution in [3.8, 4) is 0 Å². The van der Waals surface area contributed by atoms with E-state index < -0.39 is 0 Å². The van der Waals surface area contributed by atoms with Crippen LogP contribution in [0, 0.1) is 12.3 Å². The van der Waals surface area contributed by atoms with E-state index in [-0.39, 0.29) is 11.5 Å². The molecule has 3 aromatic rings. The molecule has 136 valence electrons. The van der Waals surface area contributed by atoms with Crippen LogP contribution in [0.15, 0.2) is 46.9 Å². The van der Waals surface area contributed by atoms with Gasteiger partial charge in [-0.2, -0.15) is 0 Å². The number of benzene rings is 1. The fourth-order valence-electron chi connectivity index (χ4n) is 2.74. The van der Waals surface area contributed by atoms with Crippen molar-refractivity contribution in [2.24, 2.45) is 16.1 Å². The molecule has 3 rings (SSSR count). The summed E-state index contributed by atoms with van der Waals surface area (Å²) >= 11 is 1.56. The Hall–Kier alpha value is -2.47. The van der Waals surface area contributed by atoms with Crippen molar-refractivity contribution in [2.75, 3.05) is 4.90 Å². The molecular weight excluding hydrogens is 342 g/mol. The summed E-state index contributed by atoms with van der Waals surface area (Å²) in [5.41, 5.74) is 9.18. The number of nitrogens with two attached hydrogens (primary N) is 1. The van der Waals surface area contributed by atoms with E-state index in [4.69, 9.17) is 10.7 Å². The molecule has 0 saturated heterocycles. The van der Waals surface area contributed by atoms with Gasteiger partial charge in [0.25, 0.3) is 0 Å².